The summed E-state index contributed by atoms with van der Waals surface area (Å²) in [5.41, 5.74) is 2.41. The van der Waals surface area contributed by atoms with Crippen LogP contribution in [0.3, 0.4) is 0 Å². The van der Waals surface area contributed by atoms with E-state index in [4.69, 9.17) is 0 Å². The topological polar surface area (TPSA) is 0 Å². The molecule has 200 valence electrons. The van der Waals surface area contributed by atoms with Crippen LogP contribution in [0.15, 0.2) is 60.7 Å². The minimum atomic E-state index is -3.50. The van der Waals surface area contributed by atoms with Crippen molar-refractivity contribution < 1.29 is 6.51 Å². The van der Waals surface area contributed by atoms with Gasteiger partial charge in [-0.3, -0.25) is 0 Å². The summed E-state index contributed by atoms with van der Waals surface area (Å²) in [4.78, 5) is 11.6. The Morgan fingerprint density at radius 2 is 1.05 bits per heavy atom. The number of hydrogen-bond donors (Lipinski definition) is 0. The van der Waals surface area contributed by atoms with Crippen molar-refractivity contribution in [3.63, 3.8) is 0 Å². The van der Waals surface area contributed by atoms with Gasteiger partial charge in [0.2, 0.25) is 0 Å². The first-order valence-corrected chi connectivity index (χ1v) is 25.7. The Hall–Kier alpha value is -0.181. The summed E-state index contributed by atoms with van der Waals surface area (Å²) < 4.78 is 2.10. The molecule has 0 amide bonds. The maximum absolute atomic E-state index is 3.50. The van der Waals surface area contributed by atoms with E-state index in [1.807, 2.05) is 0 Å². The van der Waals surface area contributed by atoms with Crippen LogP contribution in [-0.4, -0.2) is 21.5 Å². The average molecular weight is 581 g/mol. The van der Waals surface area contributed by atoms with E-state index in [2.05, 4.69) is 60.7 Å². The van der Waals surface area contributed by atoms with Gasteiger partial charge in [-0.25, -0.2) is 0 Å². The summed E-state index contributed by atoms with van der Waals surface area (Å²) in [6.07, 6.45) is 17.8. The Labute approximate surface area is 221 Å². The Morgan fingerprint density at radius 1 is 0.579 bits per heavy atom. The van der Waals surface area contributed by atoms with Crippen LogP contribution >= 0.6 is 15.8 Å². The van der Waals surface area contributed by atoms with Crippen molar-refractivity contribution in [1.29, 1.82) is 0 Å². The number of benzene rings is 2. The zero-order valence-electron chi connectivity index (χ0n) is 22.6. The molecule has 10 heterocycles. The molecular formula is C35H42FeP2. The summed E-state index contributed by atoms with van der Waals surface area (Å²) in [6.45, 7) is -3.50. The summed E-state index contributed by atoms with van der Waals surface area (Å²) in [6, 6.07) is 24.1. The van der Waals surface area contributed by atoms with Gasteiger partial charge >= 0.3 is 222 Å². The molecule has 0 radical (unpaired) electrons. The van der Waals surface area contributed by atoms with Gasteiger partial charge < -0.3 is 0 Å². The Balaban J connectivity index is 1.03. The van der Waals surface area contributed by atoms with Gasteiger partial charge in [0.05, 0.1) is 0 Å². The van der Waals surface area contributed by atoms with Crippen LogP contribution in [0.4, 0.5) is 0 Å². The minimum absolute atomic E-state index is 0.203. The monoisotopic (exact) mass is 580 g/mol. The van der Waals surface area contributed by atoms with Crippen molar-refractivity contribution in [2.24, 2.45) is 0 Å². The Morgan fingerprint density at radius 3 is 1.47 bits per heavy atom. The van der Waals surface area contributed by atoms with Crippen LogP contribution < -0.4 is 10.6 Å². The second kappa shape index (κ2) is 3.29. The predicted octanol–water partition coefficient (Wildman–Crippen LogP) is 9.93. The first kappa shape index (κ1) is 19.9. The zero-order valence-corrected chi connectivity index (χ0v) is 25.5. The normalized spacial score (nSPS) is 67.8. The molecule has 2 aliphatic carbocycles. The molecule has 4 unspecified atom stereocenters. The van der Waals surface area contributed by atoms with E-state index in [-0.39, 0.29) is 15.8 Å². The summed E-state index contributed by atoms with van der Waals surface area (Å²) in [5, 5.41) is 3.44. The molecule has 12 aliphatic rings. The zero-order chi connectivity index (χ0) is 24.2. The first-order chi connectivity index (χ1) is 18.6. The van der Waals surface area contributed by atoms with Crippen molar-refractivity contribution in [2.75, 3.05) is 6.16 Å². The first-order valence-electron chi connectivity index (χ1n) is 16.5. The third kappa shape index (κ3) is 0.532. The van der Waals surface area contributed by atoms with E-state index in [9.17, 15) is 0 Å². The molecule has 14 rings (SSSR count). The molecule has 0 bridgehead atoms. The van der Waals surface area contributed by atoms with Gasteiger partial charge in [0.25, 0.3) is 0 Å². The molecule has 2 saturated carbocycles. The van der Waals surface area contributed by atoms with Gasteiger partial charge in [-0.05, 0) is 0 Å². The standard InChI is InChI=1S/C30H37P2.C5H5.Fe/c1-5-15-26(16-6-1)31(27-17-7-2-8-18-27)24-25-14-13-23-30(25)32(28-19-9-3-10-20-28)29-21-11-4-12-22-29;1-2-4-5-3-1;/h1-2,5-8,13-18,23,28-29H,3-4,9-12,19-22,24H2;1-5H;. The van der Waals surface area contributed by atoms with Crippen molar-refractivity contribution in [1.82, 2.24) is 0 Å². The molecule has 2 aromatic rings. The van der Waals surface area contributed by atoms with E-state index in [1.54, 1.807) is 81.0 Å². The van der Waals surface area contributed by atoms with Gasteiger partial charge in [-0.2, -0.15) is 0 Å². The number of hydrogen-bond acceptors (Lipinski definition) is 0. The van der Waals surface area contributed by atoms with Gasteiger partial charge in [0, 0.05) is 0 Å². The Bertz CT molecular complexity index is 1750. The third-order valence-electron chi connectivity index (χ3n) is 21.9. The predicted molar refractivity (Wildman–Crippen MR) is 160 cm³/mol. The Kier molecular flexibility index (Phi) is 1.72. The molecule has 2 aromatic carbocycles. The van der Waals surface area contributed by atoms with Gasteiger partial charge in [-0.1, -0.05) is 0 Å². The van der Waals surface area contributed by atoms with E-state index in [1.165, 1.54) is 49.8 Å². The molecular weight excluding hydrogens is 538 g/mol. The van der Waals surface area contributed by atoms with E-state index in [0.717, 1.165) is 8.37 Å². The van der Waals surface area contributed by atoms with Crippen LogP contribution in [0.25, 0.3) is 0 Å². The van der Waals surface area contributed by atoms with Crippen molar-refractivity contribution in [3.05, 3.63) is 60.7 Å². The molecule has 38 heavy (non-hydrogen) atoms. The van der Waals surface area contributed by atoms with Crippen molar-refractivity contribution >= 4 is 26.5 Å². The molecule has 0 aromatic heterocycles. The molecule has 0 N–H and O–H groups in total. The van der Waals surface area contributed by atoms with Crippen molar-refractivity contribution in [3.8, 4) is 0 Å². The van der Waals surface area contributed by atoms with Crippen LogP contribution in [-0.2, 0) is 6.51 Å². The van der Waals surface area contributed by atoms with E-state index < -0.39 is 6.51 Å². The average Bonchev–Trinajstić information content (AvgIpc) is 3.94. The summed E-state index contributed by atoms with van der Waals surface area (Å²) >= 11 is 0. The third-order valence-corrected chi connectivity index (χ3v) is 76.5. The SMILES string of the molecule is c1ccc(P(C[C@]23[CH]4[CH]5[CH]6[C]2(P(C2CCCCC2)C2CCCCC2)[Fe]56432789[CH]3[CH]2[CH]7[CH]8[CH]39)c2ccccc2)cc1. The number of rotatable bonds is 7. The van der Waals surface area contributed by atoms with Crippen LogP contribution in [0.5, 0.6) is 0 Å². The fourth-order valence-electron chi connectivity index (χ4n) is 23.4. The molecule has 10 aliphatic heterocycles. The summed E-state index contributed by atoms with van der Waals surface area (Å²) in [7, 11) is 0.0759. The fraction of sp³-hybridized carbons (Fsp3) is 0.657. The van der Waals surface area contributed by atoms with E-state index >= 15 is 0 Å². The molecule has 12 fully saturated rings. The van der Waals surface area contributed by atoms with Gasteiger partial charge in [-0.15, -0.1) is 0 Å². The molecule has 3 heteroatoms. The van der Waals surface area contributed by atoms with Crippen LogP contribution in [0.2, 0.25) is 42.8 Å². The van der Waals surface area contributed by atoms with Crippen molar-refractivity contribution in [2.45, 2.75) is 122 Å². The molecule has 10 saturated heterocycles. The number of fused-ring (bicyclic) bond motifs is 10. The van der Waals surface area contributed by atoms with E-state index in [0.29, 0.717) is 0 Å². The van der Waals surface area contributed by atoms with Gasteiger partial charge in [0.15, 0.2) is 0 Å². The molecule has 0 nitrogen and oxygen atoms in total. The molecule has 5 atom stereocenters. The molecule has 1 spiro atoms. The maximum atomic E-state index is 2.54. The van der Waals surface area contributed by atoms with Gasteiger partial charge in [0.1, 0.15) is 0 Å². The second-order valence-electron chi connectivity index (χ2n) is 18.1. The summed E-state index contributed by atoms with van der Waals surface area (Å²) in [5.74, 6) is 0. The van der Waals surface area contributed by atoms with Crippen LogP contribution in [0, 0.1) is 0 Å². The second-order valence-corrected chi connectivity index (χ2v) is 47.0. The quantitative estimate of drug-likeness (QED) is 0.226. The fourth-order valence-corrected chi connectivity index (χ4v) is 123. The van der Waals surface area contributed by atoms with Crippen LogP contribution in [0.1, 0.15) is 64.2 Å².